The summed E-state index contributed by atoms with van der Waals surface area (Å²) in [5, 5.41) is 0. The molecule has 1 aliphatic heterocycles. The fraction of sp³-hybridized carbons (Fsp3) is 1.00. The van der Waals surface area contributed by atoms with Crippen molar-refractivity contribution in [1.82, 2.24) is 0 Å². The van der Waals surface area contributed by atoms with Gasteiger partial charge in [-0.15, -0.1) is 0 Å². The van der Waals surface area contributed by atoms with Crippen LogP contribution in [-0.2, 0) is 9.47 Å². The Kier molecular flexibility index (Phi) is 11.1. The van der Waals surface area contributed by atoms with Crippen molar-refractivity contribution in [3.63, 3.8) is 0 Å². The minimum absolute atomic E-state index is 0.0741. The van der Waals surface area contributed by atoms with Crippen molar-refractivity contribution in [2.24, 2.45) is 0 Å². The second-order valence-electron chi connectivity index (χ2n) is 6.22. The predicted octanol–water partition coefficient (Wildman–Crippen LogP) is 5.82. The van der Waals surface area contributed by atoms with E-state index in [4.69, 9.17) is 9.47 Å². The van der Waals surface area contributed by atoms with Gasteiger partial charge in [0.25, 0.3) is 0 Å². The molecule has 0 aromatic rings. The van der Waals surface area contributed by atoms with E-state index in [0.717, 1.165) is 13.0 Å². The summed E-state index contributed by atoms with van der Waals surface area (Å²) in [7, 11) is 0. The zero-order chi connectivity index (χ0) is 14.6. The van der Waals surface area contributed by atoms with Crippen LogP contribution in [0.15, 0.2) is 0 Å². The molecule has 0 N–H and O–H groups in total. The second kappa shape index (κ2) is 12.0. The molecule has 1 fully saturated rings. The molecule has 1 heterocycles. The van der Waals surface area contributed by atoms with Crippen molar-refractivity contribution in [2.45, 2.75) is 102 Å². The van der Waals surface area contributed by atoms with Crippen molar-refractivity contribution in [1.29, 1.82) is 0 Å². The van der Waals surface area contributed by atoms with Crippen LogP contribution in [0.1, 0.15) is 84.5 Å². The third-order valence-corrected chi connectivity index (χ3v) is 4.44. The van der Waals surface area contributed by atoms with Gasteiger partial charge in [0.05, 0.1) is 6.10 Å². The van der Waals surface area contributed by atoms with Crippen LogP contribution in [0.3, 0.4) is 0 Å². The number of alkyl halides is 1. The van der Waals surface area contributed by atoms with E-state index < -0.39 is 0 Å². The maximum atomic E-state index is 5.94. The summed E-state index contributed by atoms with van der Waals surface area (Å²) in [4.78, 5) is 0.683. The molecule has 0 radical (unpaired) electrons. The van der Waals surface area contributed by atoms with Crippen LogP contribution >= 0.6 is 15.9 Å². The van der Waals surface area contributed by atoms with E-state index >= 15 is 0 Å². The first-order valence-electron chi connectivity index (χ1n) is 8.59. The van der Waals surface area contributed by atoms with Gasteiger partial charge in [0.15, 0.2) is 6.29 Å². The third-order valence-electron chi connectivity index (χ3n) is 3.98. The van der Waals surface area contributed by atoms with Gasteiger partial charge in [-0.2, -0.15) is 0 Å². The maximum absolute atomic E-state index is 5.94. The van der Waals surface area contributed by atoms with E-state index in [1.165, 1.54) is 64.2 Å². The van der Waals surface area contributed by atoms with Crippen molar-refractivity contribution in [3.05, 3.63) is 0 Å². The Labute approximate surface area is 134 Å². The van der Waals surface area contributed by atoms with Crippen LogP contribution in [0.25, 0.3) is 0 Å². The molecule has 2 nitrogen and oxygen atoms in total. The molecule has 0 bridgehead atoms. The summed E-state index contributed by atoms with van der Waals surface area (Å²) in [6.45, 7) is 5.30. The molecular weight excluding hydrogens is 316 g/mol. The average Bonchev–Trinajstić information content (AvgIpc) is 2.42. The van der Waals surface area contributed by atoms with E-state index in [-0.39, 0.29) is 6.29 Å². The molecule has 0 aromatic heterocycles. The van der Waals surface area contributed by atoms with E-state index in [1.807, 2.05) is 0 Å². The SMILES string of the molecule is CC(Br)CCCCCCCCC(C)OC1CCCCO1. The third kappa shape index (κ3) is 10.2. The normalized spacial score (nSPS) is 22.6. The van der Waals surface area contributed by atoms with Gasteiger partial charge in [-0.05, 0) is 39.0 Å². The Morgan fingerprint density at radius 2 is 1.65 bits per heavy atom. The lowest BCUT2D eigenvalue weighted by molar-refractivity contribution is -0.185. The van der Waals surface area contributed by atoms with Gasteiger partial charge in [0, 0.05) is 11.4 Å². The number of hydrogen-bond acceptors (Lipinski definition) is 2. The molecule has 0 saturated carbocycles. The van der Waals surface area contributed by atoms with Crippen LogP contribution in [-0.4, -0.2) is 23.8 Å². The lowest BCUT2D eigenvalue weighted by Crippen LogP contribution is -2.26. The Bertz CT molecular complexity index is 215. The smallest absolute Gasteiger partial charge is 0.157 e. The largest absolute Gasteiger partial charge is 0.353 e. The monoisotopic (exact) mass is 348 g/mol. The van der Waals surface area contributed by atoms with Crippen molar-refractivity contribution < 1.29 is 9.47 Å². The van der Waals surface area contributed by atoms with Gasteiger partial charge in [-0.3, -0.25) is 0 Å². The van der Waals surface area contributed by atoms with Gasteiger partial charge in [-0.25, -0.2) is 0 Å². The number of ether oxygens (including phenoxy) is 2. The summed E-state index contributed by atoms with van der Waals surface area (Å²) >= 11 is 3.60. The average molecular weight is 349 g/mol. The van der Waals surface area contributed by atoms with Crippen LogP contribution < -0.4 is 0 Å². The van der Waals surface area contributed by atoms with E-state index in [1.54, 1.807) is 0 Å². The van der Waals surface area contributed by atoms with Gasteiger partial charge < -0.3 is 9.47 Å². The zero-order valence-corrected chi connectivity index (χ0v) is 15.0. The van der Waals surface area contributed by atoms with Gasteiger partial charge in [-0.1, -0.05) is 61.4 Å². The molecule has 3 unspecified atom stereocenters. The summed E-state index contributed by atoms with van der Waals surface area (Å²) in [6.07, 6.45) is 14.6. The van der Waals surface area contributed by atoms with Gasteiger partial charge >= 0.3 is 0 Å². The highest BCUT2D eigenvalue weighted by Gasteiger charge is 2.16. The summed E-state index contributed by atoms with van der Waals surface area (Å²) in [5.41, 5.74) is 0. The van der Waals surface area contributed by atoms with E-state index in [2.05, 4.69) is 29.8 Å². The standard InChI is InChI=1S/C17H33BrO2/c1-15(18)11-7-5-3-4-6-8-12-16(2)20-17-13-9-10-14-19-17/h15-17H,3-14H2,1-2H3. The van der Waals surface area contributed by atoms with Gasteiger partial charge in [0.2, 0.25) is 0 Å². The van der Waals surface area contributed by atoms with Crippen molar-refractivity contribution in [2.75, 3.05) is 6.61 Å². The highest BCUT2D eigenvalue weighted by molar-refractivity contribution is 9.09. The Balaban J connectivity index is 1.85. The molecule has 0 amide bonds. The van der Waals surface area contributed by atoms with Crippen molar-refractivity contribution >= 4 is 15.9 Å². The molecule has 20 heavy (non-hydrogen) atoms. The number of hydrogen-bond donors (Lipinski definition) is 0. The fourth-order valence-electron chi connectivity index (χ4n) is 2.71. The Morgan fingerprint density at radius 3 is 2.25 bits per heavy atom. The first-order chi connectivity index (χ1) is 9.68. The molecule has 1 saturated heterocycles. The van der Waals surface area contributed by atoms with E-state index in [9.17, 15) is 0 Å². The number of unbranched alkanes of at least 4 members (excludes halogenated alkanes) is 5. The molecular formula is C17H33BrO2. The van der Waals surface area contributed by atoms with Crippen LogP contribution in [0.2, 0.25) is 0 Å². The fourth-order valence-corrected chi connectivity index (χ4v) is 3.03. The highest BCUT2D eigenvalue weighted by Crippen LogP contribution is 2.18. The molecule has 0 spiro atoms. The molecule has 3 atom stereocenters. The quantitative estimate of drug-likeness (QED) is 0.345. The zero-order valence-electron chi connectivity index (χ0n) is 13.4. The van der Waals surface area contributed by atoms with Crippen molar-refractivity contribution in [3.8, 4) is 0 Å². The molecule has 1 aliphatic rings. The minimum atomic E-state index is 0.0741. The summed E-state index contributed by atoms with van der Waals surface area (Å²) in [6, 6.07) is 0. The Morgan fingerprint density at radius 1 is 1.00 bits per heavy atom. The molecule has 0 aromatic carbocycles. The van der Waals surface area contributed by atoms with Gasteiger partial charge in [0.1, 0.15) is 0 Å². The van der Waals surface area contributed by atoms with Crippen LogP contribution in [0, 0.1) is 0 Å². The lowest BCUT2D eigenvalue weighted by Gasteiger charge is -2.26. The number of rotatable bonds is 11. The molecule has 1 rings (SSSR count). The first-order valence-corrected chi connectivity index (χ1v) is 9.51. The molecule has 3 heteroatoms. The lowest BCUT2D eigenvalue weighted by atomic mass is 10.1. The predicted molar refractivity (Wildman–Crippen MR) is 89.5 cm³/mol. The summed E-state index contributed by atoms with van der Waals surface area (Å²) in [5.74, 6) is 0. The van der Waals surface area contributed by atoms with E-state index in [0.29, 0.717) is 10.9 Å². The molecule has 120 valence electrons. The first kappa shape index (κ1) is 18.4. The number of halogens is 1. The summed E-state index contributed by atoms with van der Waals surface area (Å²) < 4.78 is 11.5. The molecule has 0 aliphatic carbocycles. The second-order valence-corrected chi connectivity index (χ2v) is 7.79. The van der Waals surface area contributed by atoms with Crippen LogP contribution in [0.5, 0.6) is 0 Å². The minimum Gasteiger partial charge on any atom is -0.353 e. The topological polar surface area (TPSA) is 18.5 Å². The van der Waals surface area contributed by atoms with Crippen LogP contribution in [0.4, 0.5) is 0 Å². The Hall–Kier alpha value is 0.400. The highest BCUT2D eigenvalue weighted by atomic mass is 79.9. The maximum Gasteiger partial charge on any atom is 0.157 e.